The first kappa shape index (κ1) is 17.5. The van der Waals surface area contributed by atoms with Crippen molar-refractivity contribution in [3.05, 3.63) is 35.6 Å². The van der Waals surface area contributed by atoms with E-state index in [-0.39, 0.29) is 17.8 Å². The number of carbonyl (C=O) groups is 2. The summed E-state index contributed by atoms with van der Waals surface area (Å²) < 4.78 is 51.7. The number of rotatable bonds is 3. The van der Waals surface area contributed by atoms with E-state index in [2.05, 4.69) is 5.32 Å². The zero-order valence-electron chi connectivity index (χ0n) is 13.0. The van der Waals surface area contributed by atoms with Crippen molar-refractivity contribution in [1.29, 1.82) is 0 Å². The lowest BCUT2D eigenvalue weighted by atomic mass is 9.96. The van der Waals surface area contributed by atoms with Gasteiger partial charge in [-0.1, -0.05) is 12.1 Å². The molecule has 1 aliphatic carbocycles. The molecule has 1 saturated carbocycles. The highest BCUT2D eigenvalue weighted by Gasteiger charge is 2.54. The van der Waals surface area contributed by atoms with Gasteiger partial charge in [-0.25, -0.2) is 9.18 Å². The summed E-state index contributed by atoms with van der Waals surface area (Å²) >= 11 is 0. The van der Waals surface area contributed by atoms with Crippen LogP contribution in [0.2, 0.25) is 0 Å². The van der Waals surface area contributed by atoms with Gasteiger partial charge in [0.05, 0.1) is 11.8 Å². The SMILES string of the molecule is O=C(O)[C@@H]1CN(C(=O)N[C@@H]2C[C@H]2c2ccc(F)cc2)C[C@H]1C(F)(F)F. The first-order valence-corrected chi connectivity index (χ1v) is 7.77. The molecule has 1 heterocycles. The summed E-state index contributed by atoms with van der Waals surface area (Å²) in [7, 11) is 0. The highest BCUT2D eigenvalue weighted by Crippen LogP contribution is 2.42. The number of hydrogen-bond donors (Lipinski definition) is 2. The molecule has 0 radical (unpaired) electrons. The van der Waals surface area contributed by atoms with Crippen molar-refractivity contribution in [2.75, 3.05) is 13.1 Å². The molecule has 2 amide bonds. The monoisotopic (exact) mass is 360 g/mol. The number of carbonyl (C=O) groups excluding carboxylic acids is 1. The van der Waals surface area contributed by atoms with Crippen molar-refractivity contribution in [1.82, 2.24) is 10.2 Å². The normalized spacial score (nSPS) is 28.7. The minimum absolute atomic E-state index is 0.0131. The number of carboxylic acids is 1. The summed E-state index contributed by atoms with van der Waals surface area (Å²) in [5.74, 6) is -5.67. The van der Waals surface area contributed by atoms with Crippen LogP contribution < -0.4 is 5.32 Å². The standard InChI is InChI=1S/C16H16F4N2O3/c17-9-3-1-8(2-4-9)10-5-13(10)21-15(25)22-6-11(14(23)24)12(7-22)16(18,19)20/h1-4,10-13H,5-7H2,(H,21,25)(H,23,24)/t10-,11+,12+,13+/m0/s1. The van der Waals surface area contributed by atoms with Crippen LogP contribution in [-0.2, 0) is 4.79 Å². The van der Waals surface area contributed by atoms with Crippen molar-refractivity contribution in [3.63, 3.8) is 0 Å². The van der Waals surface area contributed by atoms with Crippen LogP contribution in [0, 0.1) is 17.7 Å². The lowest BCUT2D eigenvalue weighted by Gasteiger charge is -2.18. The van der Waals surface area contributed by atoms with E-state index in [4.69, 9.17) is 5.11 Å². The Balaban J connectivity index is 1.59. The molecule has 1 aromatic rings. The van der Waals surface area contributed by atoms with Gasteiger partial charge < -0.3 is 15.3 Å². The second-order valence-electron chi connectivity index (χ2n) is 6.45. The number of nitrogens with zero attached hydrogens (tertiary/aromatic N) is 1. The van der Waals surface area contributed by atoms with Gasteiger partial charge in [-0.05, 0) is 24.1 Å². The van der Waals surface area contributed by atoms with Gasteiger partial charge in [0, 0.05) is 25.0 Å². The Morgan fingerprint density at radius 1 is 1.16 bits per heavy atom. The molecule has 1 aromatic carbocycles. The Bertz CT molecular complexity index is 677. The average molecular weight is 360 g/mol. The van der Waals surface area contributed by atoms with E-state index >= 15 is 0 Å². The number of carboxylic acid groups (broad SMARTS) is 1. The number of halogens is 4. The van der Waals surface area contributed by atoms with Crippen LogP contribution in [0.1, 0.15) is 17.9 Å². The predicted octanol–water partition coefficient (Wildman–Crippen LogP) is 2.59. The molecule has 2 aliphatic rings. The summed E-state index contributed by atoms with van der Waals surface area (Å²) in [5, 5.41) is 11.6. The van der Waals surface area contributed by atoms with Crippen LogP contribution in [-0.4, -0.2) is 47.3 Å². The van der Waals surface area contributed by atoms with E-state index in [1.54, 1.807) is 12.1 Å². The molecular formula is C16H16F4N2O3. The minimum Gasteiger partial charge on any atom is -0.481 e. The van der Waals surface area contributed by atoms with Gasteiger partial charge in [-0.15, -0.1) is 0 Å². The van der Waals surface area contributed by atoms with Crippen LogP contribution in [0.25, 0.3) is 0 Å². The van der Waals surface area contributed by atoms with E-state index < -0.39 is 43.1 Å². The second kappa shape index (κ2) is 6.20. The van der Waals surface area contributed by atoms with Gasteiger partial charge in [-0.2, -0.15) is 13.2 Å². The molecule has 25 heavy (non-hydrogen) atoms. The maximum Gasteiger partial charge on any atom is 0.394 e. The maximum absolute atomic E-state index is 12.9. The maximum atomic E-state index is 12.9. The molecule has 0 bridgehead atoms. The van der Waals surface area contributed by atoms with Crippen molar-refractivity contribution in [3.8, 4) is 0 Å². The van der Waals surface area contributed by atoms with Crippen molar-refractivity contribution >= 4 is 12.0 Å². The number of likely N-dealkylation sites (tertiary alicyclic amines) is 1. The van der Waals surface area contributed by atoms with Crippen molar-refractivity contribution < 1.29 is 32.3 Å². The summed E-state index contributed by atoms with van der Waals surface area (Å²) in [6.07, 6.45) is -4.06. The number of amides is 2. The number of benzene rings is 1. The van der Waals surface area contributed by atoms with Gasteiger partial charge in [0.25, 0.3) is 0 Å². The molecule has 1 aliphatic heterocycles. The van der Waals surface area contributed by atoms with Crippen molar-refractivity contribution in [2.24, 2.45) is 11.8 Å². The number of hydrogen-bond acceptors (Lipinski definition) is 2. The van der Waals surface area contributed by atoms with E-state index in [1.165, 1.54) is 12.1 Å². The highest BCUT2D eigenvalue weighted by atomic mass is 19.4. The Morgan fingerprint density at radius 2 is 1.80 bits per heavy atom. The molecule has 0 unspecified atom stereocenters. The lowest BCUT2D eigenvalue weighted by Crippen LogP contribution is -2.41. The van der Waals surface area contributed by atoms with Gasteiger partial charge >= 0.3 is 18.2 Å². The largest absolute Gasteiger partial charge is 0.481 e. The molecule has 4 atom stereocenters. The highest BCUT2D eigenvalue weighted by molar-refractivity contribution is 5.78. The van der Waals surface area contributed by atoms with Gasteiger partial charge in [-0.3, -0.25) is 4.79 Å². The lowest BCUT2D eigenvalue weighted by molar-refractivity contribution is -0.187. The Morgan fingerprint density at radius 3 is 2.32 bits per heavy atom. The molecule has 9 heteroatoms. The number of nitrogens with one attached hydrogen (secondary N) is 1. The topological polar surface area (TPSA) is 69.6 Å². The minimum atomic E-state index is -4.67. The third-order valence-corrected chi connectivity index (χ3v) is 4.74. The smallest absolute Gasteiger partial charge is 0.394 e. The molecular weight excluding hydrogens is 344 g/mol. The Kier molecular flexibility index (Phi) is 4.34. The molecule has 0 spiro atoms. The molecule has 2 fully saturated rings. The number of urea groups is 1. The number of alkyl halides is 3. The molecule has 5 nitrogen and oxygen atoms in total. The molecule has 1 saturated heterocycles. The Hall–Kier alpha value is -2.32. The van der Waals surface area contributed by atoms with Crippen LogP contribution in [0.3, 0.4) is 0 Å². The van der Waals surface area contributed by atoms with E-state index in [0.29, 0.717) is 6.42 Å². The summed E-state index contributed by atoms with van der Waals surface area (Å²) in [5.41, 5.74) is 0.838. The fraction of sp³-hybridized carbons (Fsp3) is 0.500. The fourth-order valence-electron chi connectivity index (χ4n) is 3.23. The van der Waals surface area contributed by atoms with Crippen LogP contribution >= 0.6 is 0 Å². The van der Waals surface area contributed by atoms with Crippen LogP contribution in [0.5, 0.6) is 0 Å². The molecule has 3 rings (SSSR count). The van der Waals surface area contributed by atoms with E-state index in [1.807, 2.05) is 0 Å². The molecule has 0 aromatic heterocycles. The molecule has 2 N–H and O–H groups in total. The fourth-order valence-corrected chi connectivity index (χ4v) is 3.23. The van der Waals surface area contributed by atoms with Crippen LogP contribution in [0.4, 0.5) is 22.4 Å². The van der Waals surface area contributed by atoms with Crippen molar-refractivity contribution in [2.45, 2.75) is 24.6 Å². The van der Waals surface area contributed by atoms with Gasteiger partial charge in [0.15, 0.2) is 0 Å². The second-order valence-corrected chi connectivity index (χ2v) is 6.45. The summed E-state index contributed by atoms with van der Waals surface area (Å²) in [4.78, 5) is 24.1. The Labute approximate surface area is 140 Å². The predicted molar refractivity (Wildman–Crippen MR) is 78.3 cm³/mol. The molecule has 136 valence electrons. The third kappa shape index (κ3) is 3.69. The van der Waals surface area contributed by atoms with Gasteiger partial charge in [0.2, 0.25) is 0 Å². The summed E-state index contributed by atoms with van der Waals surface area (Å²) in [6.45, 7) is -1.14. The van der Waals surface area contributed by atoms with E-state index in [0.717, 1.165) is 10.5 Å². The third-order valence-electron chi connectivity index (χ3n) is 4.74. The van der Waals surface area contributed by atoms with Crippen LogP contribution in [0.15, 0.2) is 24.3 Å². The quantitative estimate of drug-likeness (QED) is 0.814. The first-order valence-electron chi connectivity index (χ1n) is 7.77. The van der Waals surface area contributed by atoms with Gasteiger partial charge in [0.1, 0.15) is 5.82 Å². The zero-order valence-corrected chi connectivity index (χ0v) is 13.0. The zero-order chi connectivity index (χ0) is 18.4. The average Bonchev–Trinajstić information content (AvgIpc) is 3.11. The summed E-state index contributed by atoms with van der Waals surface area (Å²) in [6, 6.07) is 4.86. The van der Waals surface area contributed by atoms with E-state index in [9.17, 15) is 27.2 Å². The number of aliphatic carboxylic acids is 1. The first-order chi connectivity index (χ1) is 11.7.